The molecule has 1 unspecified atom stereocenters. The molecule has 3 aromatic heterocycles. The third-order valence-corrected chi connectivity index (χ3v) is 4.80. The van der Waals surface area contributed by atoms with E-state index in [0.29, 0.717) is 11.5 Å². The van der Waals surface area contributed by atoms with E-state index in [1.165, 1.54) is 12.1 Å². The Labute approximate surface area is 159 Å². The Kier molecular flexibility index (Phi) is 3.75. The number of anilines is 1. The van der Waals surface area contributed by atoms with Crippen molar-refractivity contribution in [1.29, 1.82) is 0 Å². The van der Waals surface area contributed by atoms with Crippen LogP contribution >= 0.6 is 0 Å². The van der Waals surface area contributed by atoms with Crippen LogP contribution < -0.4 is 5.32 Å². The Bertz CT molecular complexity index is 1170. The van der Waals surface area contributed by atoms with Crippen LogP contribution in [0.2, 0.25) is 0 Å². The van der Waals surface area contributed by atoms with Gasteiger partial charge in [-0.15, -0.1) is 0 Å². The summed E-state index contributed by atoms with van der Waals surface area (Å²) in [6.07, 6.45) is 5.49. The SMILES string of the molecule is O=C1CC(c2cnn(-c3cccc(F)c3)c2)c2c(n[nH]c2-c2ccccn2)N1. The second kappa shape index (κ2) is 6.41. The van der Waals surface area contributed by atoms with Gasteiger partial charge in [-0.05, 0) is 35.9 Å². The maximum Gasteiger partial charge on any atom is 0.226 e. The molecule has 138 valence electrons. The van der Waals surface area contributed by atoms with Crippen molar-refractivity contribution >= 4 is 11.7 Å². The molecule has 0 saturated heterocycles. The Balaban J connectivity index is 1.59. The van der Waals surface area contributed by atoms with E-state index >= 15 is 0 Å². The number of carbonyl (C=O) groups excluding carboxylic acids is 1. The minimum Gasteiger partial charge on any atom is -0.309 e. The van der Waals surface area contributed by atoms with Crippen molar-refractivity contribution < 1.29 is 9.18 Å². The first-order chi connectivity index (χ1) is 13.7. The number of pyridine rings is 1. The molecule has 28 heavy (non-hydrogen) atoms. The largest absolute Gasteiger partial charge is 0.309 e. The summed E-state index contributed by atoms with van der Waals surface area (Å²) >= 11 is 0. The Morgan fingerprint density at radius 1 is 1.18 bits per heavy atom. The van der Waals surface area contributed by atoms with Crippen LogP contribution in [0.15, 0.2) is 61.1 Å². The fourth-order valence-corrected chi connectivity index (χ4v) is 3.52. The maximum absolute atomic E-state index is 13.5. The van der Waals surface area contributed by atoms with E-state index in [2.05, 4.69) is 25.6 Å². The van der Waals surface area contributed by atoms with Gasteiger partial charge < -0.3 is 5.32 Å². The van der Waals surface area contributed by atoms with Gasteiger partial charge in [0.1, 0.15) is 5.82 Å². The lowest BCUT2D eigenvalue weighted by atomic mass is 9.86. The van der Waals surface area contributed by atoms with Gasteiger partial charge in [0.2, 0.25) is 5.91 Å². The molecular formula is C20H15FN6O. The van der Waals surface area contributed by atoms with Gasteiger partial charge in [-0.1, -0.05) is 12.1 Å². The summed E-state index contributed by atoms with van der Waals surface area (Å²) in [5, 5.41) is 14.4. The smallest absolute Gasteiger partial charge is 0.226 e. The van der Waals surface area contributed by atoms with Gasteiger partial charge in [0.05, 0.1) is 23.3 Å². The number of fused-ring (bicyclic) bond motifs is 1. The molecule has 0 saturated carbocycles. The first-order valence-electron chi connectivity index (χ1n) is 8.79. The summed E-state index contributed by atoms with van der Waals surface area (Å²) in [6, 6.07) is 11.8. The topological polar surface area (TPSA) is 88.5 Å². The minimum atomic E-state index is -0.332. The normalized spacial score (nSPS) is 15.9. The molecular weight excluding hydrogens is 359 g/mol. The Hall–Kier alpha value is -3.81. The molecule has 0 bridgehead atoms. The van der Waals surface area contributed by atoms with E-state index in [4.69, 9.17) is 0 Å². The first-order valence-corrected chi connectivity index (χ1v) is 8.79. The van der Waals surface area contributed by atoms with Crippen molar-refractivity contribution in [3.63, 3.8) is 0 Å². The molecule has 0 radical (unpaired) electrons. The molecule has 4 heterocycles. The predicted molar refractivity (Wildman–Crippen MR) is 100 cm³/mol. The average molecular weight is 374 g/mol. The zero-order valence-corrected chi connectivity index (χ0v) is 14.6. The summed E-state index contributed by atoms with van der Waals surface area (Å²) in [5.41, 5.74) is 3.84. The molecule has 1 aliphatic rings. The molecule has 1 atom stereocenters. The number of aromatic amines is 1. The molecule has 0 aliphatic carbocycles. The lowest BCUT2D eigenvalue weighted by Gasteiger charge is -2.21. The number of rotatable bonds is 3. The van der Waals surface area contributed by atoms with Crippen molar-refractivity contribution in [2.24, 2.45) is 0 Å². The fraction of sp³-hybridized carbons (Fsp3) is 0.100. The number of aromatic nitrogens is 5. The molecule has 2 N–H and O–H groups in total. The summed E-state index contributed by atoms with van der Waals surface area (Å²) in [7, 11) is 0. The highest BCUT2D eigenvalue weighted by atomic mass is 19.1. The van der Waals surface area contributed by atoms with Gasteiger partial charge >= 0.3 is 0 Å². The lowest BCUT2D eigenvalue weighted by molar-refractivity contribution is -0.116. The second-order valence-electron chi connectivity index (χ2n) is 6.58. The van der Waals surface area contributed by atoms with Crippen LogP contribution in [0.1, 0.15) is 23.5 Å². The number of H-pyrrole nitrogens is 1. The van der Waals surface area contributed by atoms with E-state index in [-0.39, 0.29) is 24.1 Å². The highest BCUT2D eigenvalue weighted by Crippen LogP contribution is 2.41. The summed E-state index contributed by atoms with van der Waals surface area (Å²) in [6.45, 7) is 0. The highest BCUT2D eigenvalue weighted by molar-refractivity contribution is 5.95. The number of carbonyl (C=O) groups is 1. The van der Waals surface area contributed by atoms with Gasteiger partial charge in [-0.2, -0.15) is 10.2 Å². The van der Waals surface area contributed by atoms with E-state index < -0.39 is 0 Å². The Morgan fingerprint density at radius 3 is 2.93 bits per heavy atom. The van der Waals surface area contributed by atoms with E-state index in [9.17, 15) is 9.18 Å². The first kappa shape index (κ1) is 16.4. The van der Waals surface area contributed by atoms with E-state index in [1.807, 2.05) is 24.4 Å². The average Bonchev–Trinajstić information content (AvgIpc) is 3.35. The molecule has 5 rings (SSSR count). The molecule has 0 fully saturated rings. The van der Waals surface area contributed by atoms with Crippen LogP contribution in [0, 0.1) is 5.82 Å². The lowest BCUT2D eigenvalue weighted by Crippen LogP contribution is -2.23. The molecule has 7 nitrogen and oxygen atoms in total. The van der Waals surface area contributed by atoms with Crippen LogP contribution in [-0.4, -0.2) is 30.9 Å². The predicted octanol–water partition coefficient (Wildman–Crippen LogP) is 3.27. The summed E-state index contributed by atoms with van der Waals surface area (Å²) < 4.78 is 15.2. The van der Waals surface area contributed by atoms with Crippen molar-refractivity contribution in [3.05, 3.63) is 78.0 Å². The molecule has 1 aromatic carbocycles. The van der Waals surface area contributed by atoms with Gasteiger partial charge in [-0.3, -0.25) is 14.9 Å². The van der Waals surface area contributed by atoms with Gasteiger partial charge in [0, 0.05) is 30.3 Å². The molecule has 1 amide bonds. The Morgan fingerprint density at radius 2 is 2.11 bits per heavy atom. The molecule has 0 spiro atoms. The zero-order valence-electron chi connectivity index (χ0n) is 14.6. The fourth-order valence-electron chi connectivity index (χ4n) is 3.52. The standard InChI is InChI=1S/C20H15FN6O/c21-13-4-3-5-14(8-13)27-11-12(10-23-27)15-9-17(28)24-20-18(15)19(25-26-20)16-6-1-2-7-22-16/h1-8,10-11,15H,9H2,(H2,24,25,26,28). The quantitative estimate of drug-likeness (QED) is 0.576. The molecule has 8 heteroatoms. The number of benzene rings is 1. The van der Waals surface area contributed by atoms with Crippen LogP contribution in [-0.2, 0) is 4.79 Å². The van der Waals surface area contributed by atoms with Gasteiger partial charge in [-0.25, -0.2) is 9.07 Å². The van der Waals surface area contributed by atoms with Gasteiger partial charge in [0.15, 0.2) is 5.82 Å². The third-order valence-electron chi connectivity index (χ3n) is 4.80. The van der Waals surface area contributed by atoms with Crippen molar-refractivity contribution in [2.75, 3.05) is 5.32 Å². The number of halogens is 1. The van der Waals surface area contributed by atoms with Gasteiger partial charge in [0.25, 0.3) is 0 Å². The number of amides is 1. The van der Waals surface area contributed by atoms with Crippen molar-refractivity contribution in [1.82, 2.24) is 25.0 Å². The van der Waals surface area contributed by atoms with Crippen LogP contribution in [0.4, 0.5) is 10.2 Å². The minimum absolute atomic E-state index is 0.116. The summed E-state index contributed by atoms with van der Waals surface area (Å²) in [5.74, 6) is -0.182. The molecule has 4 aromatic rings. The van der Waals surface area contributed by atoms with Crippen LogP contribution in [0.5, 0.6) is 0 Å². The number of nitrogens with one attached hydrogen (secondary N) is 2. The molecule has 1 aliphatic heterocycles. The number of nitrogens with zero attached hydrogens (tertiary/aromatic N) is 4. The number of hydrogen-bond donors (Lipinski definition) is 2. The van der Waals surface area contributed by atoms with Crippen LogP contribution in [0.3, 0.4) is 0 Å². The van der Waals surface area contributed by atoms with Crippen LogP contribution in [0.25, 0.3) is 17.1 Å². The van der Waals surface area contributed by atoms with E-state index in [0.717, 1.165) is 22.5 Å². The second-order valence-corrected chi connectivity index (χ2v) is 6.58. The van der Waals surface area contributed by atoms with Crippen molar-refractivity contribution in [2.45, 2.75) is 12.3 Å². The van der Waals surface area contributed by atoms with E-state index in [1.54, 1.807) is 29.2 Å². The third kappa shape index (κ3) is 2.75. The zero-order chi connectivity index (χ0) is 19.1. The monoisotopic (exact) mass is 374 g/mol. The number of hydrogen-bond acceptors (Lipinski definition) is 4. The maximum atomic E-state index is 13.5. The van der Waals surface area contributed by atoms with Crippen molar-refractivity contribution in [3.8, 4) is 17.1 Å². The summed E-state index contributed by atoms with van der Waals surface area (Å²) in [4.78, 5) is 16.6. The highest BCUT2D eigenvalue weighted by Gasteiger charge is 2.33.